The van der Waals surface area contributed by atoms with Crippen LogP contribution in [0.25, 0.3) is 0 Å². The smallest absolute Gasteiger partial charge is 0.332 e. The van der Waals surface area contributed by atoms with Crippen LogP contribution in [0, 0.1) is 5.92 Å². The lowest BCUT2D eigenvalue weighted by Gasteiger charge is -2.27. The Balaban J connectivity index is 2.12. The number of rotatable bonds is 5. The van der Waals surface area contributed by atoms with E-state index in [0.29, 0.717) is 29.6 Å². The van der Waals surface area contributed by atoms with Crippen molar-refractivity contribution in [3.8, 4) is 11.5 Å². The molecule has 0 spiro atoms. The SMILES string of the molecule is COc1cc([C@@H]2CC(=O)Nc3c2c(=O)n(C)c(=O)n3C)ccc1OCC(C)C. The average Bonchev–Trinajstić information content (AvgIpc) is 2.68. The van der Waals surface area contributed by atoms with Crippen molar-refractivity contribution in [3.63, 3.8) is 0 Å². The standard InChI is InChI=1S/C20H25N3O5/c1-11(2)10-28-14-7-6-12(8-15(14)27-5)13-9-16(24)21-18-17(13)19(25)23(4)20(26)22(18)3/h6-8,11,13H,9-10H2,1-5H3,(H,21,24)/t13-/m0/s1. The third-order valence-corrected chi connectivity index (χ3v) is 4.86. The maximum absolute atomic E-state index is 12.8. The number of fused-ring (bicyclic) bond motifs is 1. The minimum absolute atomic E-state index is 0.107. The van der Waals surface area contributed by atoms with Crippen LogP contribution in [-0.2, 0) is 18.9 Å². The highest BCUT2D eigenvalue weighted by Gasteiger charge is 2.32. The molecule has 1 N–H and O–H groups in total. The third kappa shape index (κ3) is 3.42. The van der Waals surface area contributed by atoms with E-state index in [-0.39, 0.29) is 18.1 Å². The molecule has 0 bridgehead atoms. The van der Waals surface area contributed by atoms with Gasteiger partial charge in [-0.25, -0.2) is 4.79 Å². The van der Waals surface area contributed by atoms with E-state index in [4.69, 9.17) is 9.47 Å². The number of methoxy groups -OCH3 is 1. The number of nitrogens with one attached hydrogen (secondary N) is 1. The summed E-state index contributed by atoms with van der Waals surface area (Å²) in [5.74, 6) is 1.01. The summed E-state index contributed by atoms with van der Waals surface area (Å²) in [4.78, 5) is 37.3. The van der Waals surface area contributed by atoms with Crippen LogP contribution < -0.4 is 26.0 Å². The molecule has 150 valence electrons. The summed E-state index contributed by atoms with van der Waals surface area (Å²) in [6.07, 6.45) is 0.107. The van der Waals surface area contributed by atoms with E-state index in [9.17, 15) is 14.4 Å². The highest BCUT2D eigenvalue weighted by Crippen LogP contribution is 2.38. The molecule has 0 saturated carbocycles. The van der Waals surface area contributed by atoms with Crippen LogP contribution >= 0.6 is 0 Å². The van der Waals surface area contributed by atoms with Gasteiger partial charge in [0.2, 0.25) is 5.91 Å². The molecule has 0 saturated heterocycles. The lowest BCUT2D eigenvalue weighted by atomic mass is 9.86. The van der Waals surface area contributed by atoms with E-state index in [1.807, 2.05) is 6.07 Å². The summed E-state index contributed by atoms with van der Waals surface area (Å²) < 4.78 is 13.6. The Morgan fingerprint density at radius 3 is 2.50 bits per heavy atom. The fourth-order valence-electron chi connectivity index (χ4n) is 3.37. The molecule has 1 atom stereocenters. The maximum Gasteiger partial charge on any atom is 0.332 e. The summed E-state index contributed by atoms with van der Waals surface area (Å²) in [6.45, 7) is 4.66. The van der Waals surface area contributed by atoms with Crippen LogP contribution in [0.15, 0.2) is 27.8 Å². The zero-order chi connectivity index (χ0) is 20.6. The maximum atomic E-state index is 12.8. The van der Waals surface area contributed by atoms with Gasteiger partial charge in [0.25, 0.3) is 5.56 Å². The molecule has 0 fully saturated rings. The molecule has 0 unspecified atom stereocenters. The summed E-state index contributed by atoms with van der Waals surface area (Å²) in [5, 5.41) is 2.66. The van der Waals surface area contributed by atoms with Gasteiger partial charge in [0.15, 0.2) is 11.5 Å². The van der Waals surface area contributed by atoms with E-state index in [1.54, 1.807) is 19.2 Å². The van der Waals surface area contributed by atoms with Gasteiger partial charge in [0.1, 0.15) is 5.82 Å². The molecule has 0 radical (unpaired) electrons. The van der Waals surface area contributed by atoms with Crippen LogP contribution in [0.2, 0.25) is 0 Å². The Hall–Kier alpha value is -3.03. The molecule has 3 rings (SSSR count). The van der Waals surface area contributed by atoms with Gasteiger partial charge in [0, 0.05) is 26.4 Å². The molecule has 1 aliphatic heterocycles. The van der Waals surface area contributed by atoms with Crippen molar-refractivity contribution in [1.82, 2.24) is 9.13 Å². The molecule has 1 aromatic carbocycles. The van der Waals surface area contributed by atoms with Gasteiger partial charge in [-0.2, -0.15) is 0 Å². The molecule has 1 aromatic heterocycles. The largest absolute Gasteiger partial charge is 0.493 e. The van der Waals surface area contributed by atoms with E-state index < -0.39 is 17.2 Å². The zero-order valence-electron chi connectivity index (χ0n) is 16.7. The van der Waals surface area contributed by atoms with Crippen molar-refractivity contribution in [2.24, 2.45) is 20.0 Å². The number of ether oxygens (including phenoxy) is 2. The number of hydrogen-bond donors (Lipinski definition) is 1. The summed E-state index contributed by atoms with van der Waals surface area (Å²) >= 11 is 0. The predicted octanol–water partition coefficient (Wildman–Crippen LogP) is 1.60. The number of nitrogens with zero attached hydrogens (tertiary/aromatic N) is 2. The second-order valence-electron chi connectivity index (χ2n) is 7.39. The highest BCUT2D eigenvalue weighted by atomic mass is 16.5. The fraction of sp³-hybridized carbons (Fsp3) is 0.450. The van der Waals surface area contributed by atoms with E-state index >= 15 is 0 Å². The van der Waals surface area contributed by atoms with Gasteiger partial charge in [0.05, 0.1) is 19.3 Å². The zero-order valence-corrected chi connectivity index (χ0v) is 16.7. The lowest BCUT2D eigenvalue weighted by molar-refractivity contribution is -0.116. The van der Waals surface area contributed by atoms with Crippen LogP contribution in [-0.4, -0.2) is 28.8 Å². The first-order chi connectivity index (χ1) is 13.2. The van der Waals surface area contributed by atoms with Crippen LogP contribution in [0.3, 0.4) is 0 Å². The van der Waals surface area contributed by atoms with E-state index in [1.165, 1.54) is 18.7 Å². The van der Waals surface area contributed by atoms with Crippen molar-refractivity contribution >= 4 is 11.7 Å². The number of carbonyl (C=O) groups excluding carboxylic acids is 1. The Bertz CT molecular complexity index is 1040. The van der Waals surface area contributed by atoms with Crippen LogP contribution in [0.5, 0.6) is 11.5 Å². The molecule has 2 heterocycles. The Labute approximate surface area is 162 Å². The normalized spacial score (nSPS) is 15.9. The van der Waals surface area contributed by atoms with Gasteiger partial charge < -0.3 is 14.8 Å². The number of anilines is 1. The van der Waals surface area contributed by atoms with Gasteiger partial charge in [-0.05, 0) is 23.6 Å². The second-order valence-corrected chi connectivity index (χ2v) is 7.39. The molecular formula is C20H25N3O5. The van der Waals surface area contributed by atoms with Gasteiger partial charge in [-0.1, -0.05) is 19.9 Å². The first-order valence-corrected chi connectivity index (χ1v) is 9.15. The summed E-state index contributed by atoms with van der Waals surface area (Å²) in [6, 6.07) is 5.40. The van der Waals surface area contributed by atoms with E-state index in [2.05, 4.69) is 19.2 Å². The lowest BCUT2D eigenvalue weighted by Crippen LogP contribution is -2.44. The molecule has 8 heteroatoms. The average molecular weight is 387 g/mol. The number of aromatic nitrogens is 2. The monoisotopic (exact) mass is 387 g/mol. The number of carbonyl (C=O) groups is 1. The summed E-state index contributed by atoms with van der Waals surface area (Å²) in [5.41, 5.74) is 0.240. The number of benzene rings is 1. The first-order valence-electron chi connectivity index (χ1n) is 9.15. The highest BCUT2D eigenvalue weighted by molar-refractivity contribution is 5.94. The van der Waals surface area contributed by atoms with Crippen molar-refractivity contribution < 1.29 is 14.3 Å². The molecule has 1 amide bonds. The molecular weight excluding hydrogens is 362 g/mol. The molecule has 0 aliphatic carbocycles. The molecule has 1 aliphatic rings. The predicted molar refractivity (Wildman–Crippen MR) is 105 cm³/mol. The number of hydrogen-bond acceptors (Lipinski definition) is 5. The quantitative estimate of drug-likeness (QED) is 0.841. The first kappa shape index (κ1) is 19.7. The topological polar surface area (TPSA) is 91.6 Å². The van der Waals surface area contributed by atoms with Crippen molar-refractivity contribution in [2.45, 2.75) is 26.2 Å². The Morgan fingerprint density at radius 1 is 1.14 bits per heavy atom. The molecule has 2 aromatic rings. The molecule has 8 nitrogen and oxygen atoms in total. The molecule has 28 heavy (non-hydrogen) atoms. The van der Waals surface area contributed by atoms with E-state index in [0.717, 1.165) is 10.1 Å². The second kappa shape index (κ2) is 7.53. The fourth-order valence-corrected chi connectivity index (χ4v) is 3.37. The summed E-state index contributed by atoms with van der Waals surface area (Å²) in [7, 11) is 4.51. The minimum Gasteiger partial charge on any atom is -0.493 e. The third-order valence-electron chi connectivity index (χ3n) is 4.86. The Morgan fingerprint density at radius 2 is 1.86 bits per heavy atom. The van der Waals surface area contributed by atoms with Gasteiger partial charge in [-0.3, -0.25) is 18.7 Å². The number of amides is 1. The van der Waals surface area contributed by atoms with Crippen molar-refractivity contribution in [1.29, 1.82) is 0 Å². The minimum atomic E-state index is -0.486. The van der Waals surface area contributed by atoms with Crippen molar-refractivity contribution in [2.75, 3.05) is 19.0 Å². The van der Waals surface area contributed by atoms with Gasteiger partial charge in [-0.15, -0.1) is 0 Å². The Kier molecular flexibility index (Phi) is 5.31. The van der Waals surface area contributed by atoms with Crippen molar-refractivity contribution in [3.05, 3.63) is 50.2 Å². The van der Waals surface area contributed by atoms with Crippen LogP contribution in [0.1, 0.15) is 37.3 Å². The van der Waals surface area contributed by atoms with Crippen LogP contribution in [0.4, 0.5) is 5.82 Å². The van der Waals surface area contributed by atoms with Gasteiger partial charge >= 0.3 is 5.69 Å².